The molecule has 0 radical (unpaired) electrons. The highest BCUT2D eigenvalue weighted by molar-refractivity contribution is 5.71. The fraction of sp³-hybridized carbons (Fsp3) is 0.500. The first-order valence-electron chi connectivity index (χ1n) is 6.46. The molecule has 2 N–H and O–H groups in total. The lowest BCUT2D eigenvalue weighted by Gasteiger charge is -2.19. The predicted octanol–water partition coefficient (Wildman–Crippen LogP) is 2.68. The SMILES string of the molecule is COc1c(F)cc(C(C)(F)F)cc1C1CC(C(=O)O)CN1. The second kappa shape index (κ2) is 5.55. The summed E-state index contributed by atoms with van der Waals surface area (Å²) in [4.78, 5) is 11.0. The van der Waals surface area contributed by atoms with E-state index < -0.39 is 35.2 Å². The van der Waals surface area contributed by atoms with Crippen LogP contribution >= 0.6 is 0 Å². The quantitative estimate of drug-likeness (QED) is 0.898. The molecule has 0 amide bonds. The van der Waals surface area contributed by atoms with E-state index in [1.807, 2.05) is 0 Å². The zero-order valence-electron chi connectivity index (χ0n) is 11.6. The van der Waals surface area contributed by atoms with Gasteiger partial charge >= 0.3 is 5.97 Å². The Morgan fingerprint density at radius 3 is 2.62 bits per heavy atom. The number of ether oxygens (including phenoxy) is 1. The van der Waals surface area contributed by atoms with Gasteiger partial charge in [-0.05, 0) is 18.6 Å². The number of carbonyl (C=O) groups is 1. The van der Waals surface area contributed by atoms with E-state index in [0.29, 0.717) is 6.92 Å². The second-order valence-corrected chi connectivity index (χ2v) is 5.20. The highest BCUT2D eigenvalue weighted by Gasteiger charge is 2.34. The predicted molar refractivity (Wildman–Crippen MR) is 69.0 cm³/mol. The molecule has 2 rings (SSSR count). The lowest BCUT2D eigenvalue weighted by atomic mass is 9.96. The summed E-state index contributed by atoms with van der Waals surface area (Å²) in [5.74, 6) is -5.80. The largest absolute Gasteiger partial charge is 0.493 e. The van der Waals surface area contributed by atoms with Gasteiger partial charge in [0.25, 0.3) is 5.92 Å². The molecule has 7 heteroatoms. The molecular weight excluding hydrogens is 287 g/mol. The van der Waals surface area contributed by atoms with E-state index >= 15 is 0 Å². The zero-order valence-corrected chi connectivity index (χ0v) is 11.6. The standard InChI is InChI=1S/C14H16F3NO3/c1-14(16,17)8-4-9(12(21-2)10(15)5-8)11-3-7(6-18-11)13(19)20/h4-5,7,11,18H,3,6H2,1-2H3,(H,19,20). The van der Waals surface area contributed by atoms with Crippen LogP contribution in [0, 0.1) is 11.7 Å². The molecule has 116 valence electrons. The lowest BCUT2D eigenvalue weighted by molar-refractivity contribution is -0.141. The third-order valence-corrected chi connectivity index (χ3v) is 3.64. The Bertz CT molecular complexity index is 557. The van der Waals surface area contributed by atoms with Crippen LogP contribution in [0.3, 0.4) is 0 Å². The Balaban J connectivity index is 2.42. The molecular formula is C14H16F3NO3. The molecule has 0 spiro atoms. The van der Waals surface area contributed by atoms with Crippen LogP contribution < -0.4 is 10.1 Å². The molecule has 0 aromatic heterocycles. The third kappa shape index (κ3) is 3.12. The number of carboxylic acids is 1. The van der Waals surface area contributed by atoms with Gasteiger partial charge in [0.05, 0.1) is 13.0 Å². The maximum atomic E-state index is 13.9. The molecule has 0 bridgehead atoms. The van der Waals surface area contributed by atoms with Gasteiger partial charge in [-0.1, -0.05) is 0 Å². The van der Waals surface area contributed by atoms with E-state index in [1.54, 1.807) is 0 Å². The Morgan fingerprint density at radius 1 is 1.48 bits per heavy atom. The van der Waals surface area contributed by atoms with Crippen molar-refractivity contribution in [3.63, 3.8) is 0 Å². The van der Waals surface area contributed by atoms with Crippen molar-refractivity contribution in [1.29, 1.82) is 0 Å². The summed E-state index contributed by atoms with van der Waals surface area (Å²) in [5.41, 5.74) is -0.242. The molecule has 1 saturated heterocycles. The van der Waals surface area contributed by atoms with E-state index in [0.717, 1.165) is 6.07 Å². The summed E-state index contributed by atoms with van der Waals surface area (Å²) in [6.07, 6.45) is 0.198. The van der Waals surface area contributed by atoms with E-state index in [1.165, 1.54) is 13.2 Å². The fourth-order valence-electron chi connectivity index (χ4n) is 2.50. The smallest absolute Gasteiger partial charge is 0.307 e. The maximum absolute atomic E-state index is 13.9. The van der Waals surface area contributed by atoms with Crippen LogP contribution in [0.2, 0.25) is 0 Å². The highest BCUT2D eigenvalue weighted by atomic mass is 19.3. The lowest BCUT2D eigenvalue weighted by Crippen LogP contribution is -2.18. The van der Waals surface area contributed by atoms with Crippen molar-refractivity contribution in [2.45, 2.75) is 25.3 Å². The van der Waals surface area contributed by atoms with Crippen LogP contribution in [0.5, 0.6) is 5.75 Å². The number of benzene rings is 1. The molecule has 1 fully saturated rings. The van der Waals surface area contributed by atoms with Crippen LogP contribution in [0.25, 0.3) is 0 Å². The number of methoxy groups -OCH3 is 1. The van der Waals surface area contributed by atoms with Gasteiger partial charge < -0.3 is 15.2 Å². The number of alkyl halides is 2. The van der Waals surface area contributed by atoms with Gasteiger partial charge in [-0.3, -0.25) is 4.79 Å². The Kier molecular flexibility index (Phi) is 4.13. The molecule has 2 unspecified atom stereocenters. The number of nitrogens with one attached hydrogen (secondary N) is 1. The van der Waals surface area contributed by atoms with Crippen molar-refractivity contribution < 1.29 is 27.8 Å². The summed E-state index contributed by atoms with van der Waals surface area (Å²) in [6, 6.07) is 1.38. The zero-order chi connectivity index (χ0) is 15.8. The van der Waals surface area contributed by atoms with Gasteiger partial charge in [0, 0.05) is 30.6 Å². The molecule has 21 heavy (non-hydrogen) atoms. The van der Waals surface area contributed by atoms with Crippen molar-refractivity contribution >= 4 is 5.97 Å². The Labute approximate surface area is 119 Å². The van der Waals surface area contributed by atoms with E-state index in [4.69, 9.17) is 9.84 Å². The van der Waals surface area contributed by atoms with Crippen LogP contribution in [-0.4, -0.2) is 24.7 Å². The van der Waals surface area contributed by atoms with Crippen LogP contribution in [0.1, 0.15) is 30.5 Å². The minimum atomic E-state index is -3.19. The van der Waals surface area contributed by atoms with Crippen LogP contribution in [-0.2, 0) is 10.7 Å². The Hall–Kier alpha value is -1.76. The fourth-order valence-corrected chi connectivity index (χ4v) is 2.50. The monoisotopic (exact) mass is 303 g/mol. The first-order valence-corrected chi connectivity index (χ1v) is 6.46. The summed E-state index contributed by atoms with van der Waals surface area (Å²) >= 11 is 0. The molecule has 4 nitrogen and oxygen atoms in total. The normalized spacial score (nSPS) is 22.3. The average molecular weight is 303 g/mol. The van der Waals surface area contributed by atoms with Crippen molar-refractivity contribution in [2.24, 2.45) is 5.92 Å². The van der Waals surface area contributed by atoms with Crippen LogP contribution in [0.4, 0.5) is 13.2 Å². The number of aliphatic carboxylic acids is 1. The third-order valence-electron chi connectivity index (χ3n) is 3.64. The minimum absolute atomic E-state index is 0.133. The first kappa shape index (κ1) is 15.6. The summed E-state index contributed by atoms with van der Waals surface area (Å²) in [5, 5.41) is 11.9. The topological polar surface area (TPSA) is 58.6 Å². The van der Waals surface area contributed by atoms with Gasteiger partial charge in [0.2, 0.25) is 0 Å². The molecule has 0 saturated carbocycles. The maximum Gasteiger partial charge on any atom is 0.307 e. The highest BCUT2D eigenvalue weighted by Crippen LogP contribution is 2.39. The first-order chi connectivity index (χ1) is 9.74. The minimum Gasteiger partial charge on any atom is -0.493 e. The summed E-state index contributed by atoms with van der Waals surface area (Å²) < 4.78 is 45.7. The van der Waals surface area contributed by atoms with Gasteiger partial charge in [0.15, 0.2) is 11.6 Å². The molecule has 1 aliphatic rings. The Morgan fingerprint density at radius 2 is 2.14 bits per heavy atom. The van der Waals surface area contributed by atoms with Crippen molar-refractivity contribution in [2.75, 3.05) is 13.7 Å². The average Bonchev–Trinajstić information content (AvgIpc) is 2.86. The summed E-state index contributed by atoms with van der Waals surface area (Å²) in [6.45, 7) is 0.887. The molecule has 0 aliphatic carbocycles. The number of carboxylic acid groups (broad SMARTS) is 1. The van der Waals surface area contributed by atoms with E-state index in [9.17, 15) is 18.0 Å². The van der Waals surface area contributed by atoms with Crippen LogP contribution in [0.15, 0.2) is 12.1 Å². The van der Waals surface area contributed by atoms with Crippen molar-refractivity contribution in [1.82, 2.24) is 5.32 Å². The number of halogens is 3. The molecule has 1 aromatic rings. The van der Waals surface area contributed by atoms with Gasteiger partial charge in [0.1, 0.15) is 0 Å². The van der Waals surface area contributed by atoms with Crippen molar-refractivity contribution in [3.8, 4) is 5.75 Å². The van der Waals surface area contributed by atoms with Gasteiger partial charge in [-0.25, -0.2) is 13.2 Å². The van der Waals surface area contributed by atoms with Gasteiger partial charge in [-0.15, -0.1) is 0 Å². The molecule has 1 aromatic carbocycles. The van der Waals surface area contributed by atoms with E-state index in [-0.39, 0.29) is 24.3 Å². The molecule has 2 atom stereocenters. The molecule has 1 aliphatic heterocycles. The van der Waals surface area contributed by atoms with Gasteiger partial charge in [-0.2, -0.15) is 0 Å². The second-order valence-electron chi connectivity index (χ2n) is 5.20. The van der Waals surface area contributed by atoms with Crippen molar-refractivity contribution in [3.05, 3.63) is 29.1 Å². The number of rotatable bonds is 4. The molecule has 1 heterocycles. The number of hydrogen-bond acceptors (Lipinski definition) is 3. The number of hydrogen-bond donors (Lipinski definition) is 2. The summed E-state index contributed by atoms with van der Waals surface area (Å²) in [7, 11) is 1.25. The van der Waals surface area contributed by atoms with E-state index in [2.05, 4.69) is 5.32 Å².